The van der Waals surface area contributed by atoms with Gasteiger partial charge in [-0.05, 0) is 48.4 Å². The smallest absolute Gasteiger partial charge is 0.310 e. The Kier molecular flexibility index (Phi) is 7.58. The Morgan fingerprint density at radius 2 is 1.91 bits per heavy atom. The Balaban J connectivity index is 1.49. The van der Waals surface area contributed by atoms with Crippen molar-refractivity contribution in [2.24, 2.45) is 0 Å². The molecule has 4 rings (SSSR count). The molecule has 1 fully saturated rings. The van der Waals surface area contributed by atoms with Crippen LogP contribution in [0.1, 0.15) is 36.0 Å². The van der Waals surface area contributed by atoms with Crippen LogP contribution < -0.4 is 10.2 Å². The van der Waals surface area contributed by atoms with Gasteiger partial charge in [0.05, 0.1) is 13.0 Å². The van der Waals surface area contributed by atoms with E-state index in [1.54, 1.807) is 6.92 Å². The van der Waals surface area contributed by atoms with Crippen molar-refractivity contribution < 1.29 is 19.1 Å². The standard InChI is InChI=1S/C27H27BClNO4/c1-2-33-27(32)13-18-4-3-5-24(12-18)34-25-11-8-22(28)14-21(25)17-30-16-20(15-26(30)31)19-6-9-23(29)10-7-19/h3-12,14,20H,2,13,15-17,28H2,1H3. The minimum atomic E-state index is -0.265. The number of ether oxygens (including phenoxy) is 2. The molecule has 1 amide bonds. The largest absolute Gasteiger partial charge is 0.466 e. The van der Waals surface area contributed by atoms with E-state index in [1.165, 1.54) is 0 Å². The van der Waals surface area contributed by atoms with Crippen LogP contribution in [0.25, 0.3) is 0 Å². The monoisotopic (exact) mass is 475 g/mol. The van der Waals surface area contributed by atoms with Gasteiger partial charge in [0.2, 0.25) is 5.91 Å². The van der Waals surface area contributed by atoms with E-state index in [9.17, 15) is 9.59 Å². The van der Waals surface area contributed by atoms with Crippen LogP contribution in [0.5, 0.6) is 11.5 Å². The van der Waals surface area contributed by atoms with Crippen molar-refractivity contribution in [3.8, 4) is 11.5 Å². The van der Waals surface area contributed by atoms with Crippen molar-refractivity contribution >= 4 is 36.8 Å². The third-order valence-electron chi connectivity index (χ3n) is 5.91. The Bertz CT molecular complexity index is 1180. The molecule has 0 N–H and O–H groups in total. The summed E-state index contributed by atoms with van der Waals surface area (Å²) in [4.78, 5) is 26.5. The number of esters is 1. The molecule has 0 aromatic heterocycles. The molecule has 7 heteroatoms. The number of nitrogens with zero attached hydrogens (tertiary/aromatic N) is 1. The van der Waals surface area contributed by atoms with Gasteiger partial charge < -0.3 is 14.4 Å². The number of hydrogen-bond acceptors (Lipinski definition) is 4. The highest BCUT2D eigenvalue weighted by Crippen LogP contribution is 2.32. The maximum atomic E-state index is 12.8. The van der Waals surface area contributed by atoms with Gasteiger partial charge in [-0.2, -0.15) is 0 Å². The number of amides is 1. The zero-order valence-corrected chi connectivity index (χ0v) is 20.2. The maximum absolute atomic E-state index is 12.8. The van der Waals surface area contributed by atoms with E-state index < -0.39 is 0 Å². The van der Waals surface area contributed by atoms with Gasteiger partial charge >= 0.3 is 5.97 Å². The van der Waals surface area contributed by atoms with Crippen LogP contribution in [-0.2, 0) is 27.3 Å². The molecule has 1 saturated heterocycles. The lowest BCUT2D eigenvalue weighted by atomic mass is 9.94. The lowest BCUT2D eigenvalue weighted by Gasteiger charge is -2.20. The Morgan fingerprint density at radius 1 is 1.12 bits per heavy atom. The zero-order chi connectivity index (χ0) is 24.1. The number of hydrogen-bond donors (Lipinski definition) is 0. The summed E-state index contributed by atoms with van der Waals surface area (Å²) in [6.45, 7) is 3.28. The Labute approximate surface area is 206 Å². The fourth-order valence-electron chi connectivity index (χ4n) is 4.24. The van der Waals surface area contributed by atoms with Gasteiger partial charge in [-0.1, -0.05) is 53.5 Å². The van der Waals surface area contributed by atoms with Crippen LogP contribution in [0.15, 0.2) is 66.7 Å². The molecule has 0 radical (unpaired) electrons. The van der Waals surface area contributed by atoms with E-state index >= 15 is 0 Å². The van der Waals surface area contributed by atoms with Gasteiger partial charge in [-0.25, -0.2) is 0 Å². The molecule has 1 atom stereocenters. The fourth-order valence-corrected chi connectivity index (χ4v) is 4.37. The molecule has 3 aromatic rings. The van der Waals surface area contributed by atoms with E-state index in [-0.39, 0.29) is 24.2 Å². The number of rotatable bonds is 8. The summed E-state index contributed by atoms with van der Waals surface area (Å²) in [7, 11) is 2.02. The van der Waals surface area contributed by atoms with Crippen molar-refractivity contribution in [1.82, 2.24) is 4.90 Å². The second-order valence-corrected chi connectivity index (χ2v) is 9.01. The first kappa shape index (κ1) is 23.9. The average molecular weight is 476 g/mol. The van der Waals surface area contributed by atoms with Crippen LogP contribution in [-0.4, -0.2) is 37.8 Å². The molecule has 0 aliphatic carbocycles. The number of benzene rings is 3. The predicted octanol–water partition coefficient (Wildman–Crippen LogP) is 4.01. The Hall–Kier alpha value is -3.25. The molecule has 174 valence electrons. The quantitative estimate of drug-likeness (QED) is 0.365. The SMILES string of the molecule is Bc1ccc(Oc2cccc(CC(=O)OCC)c2)c(CN2CC(c3ccc(Cl)cc3)CC2=O)c1. The van der Waals surface area contributed by atoms with Gasteiger partial charge in [-0.15, -0.1) is 0 Å². The second kappa shape index (κ2) is 10.8. The molecule has 0 saturated carbocycles. The number of likely N-dealkylation sites (tertiary alicyclic amines) is 1. The van der Waals surface area contributed by atoms with Crippen LogP contribution in [0.4, 0.5) is 0 Å². The summed E-state index contributed by atoms with van der Waals surface area (Å²) < 4.78 is 11.3. The molecule has 0 bridgehead atoms. The highest BCUT2D eigenvalue weighted by atomic mass is 35.5. The predicted molar refractivity (Wildman–Crippen MR) is 136 cm³/mol. The van der Waals surface area contributed by atoms with Crippen molar-refractivity contribution in [2.75, 3.05) is 13.2 Å². The molecule has 34 heavy (non-hydrogen) atoms. The fraction of sp³-hybridized carbons (Fsp3) is 0.259. The third-order valence-corrected chi connectivity index (χ3v) is 6.17. The molecule has 5 nitrogen and oxygen atoms in total. The van der Waals surface area contributed by atoms with Crippen LogP contribution in [0, 0.1) is 0 Å². The van der Waals surface area contributed by atoms with Crippen LogP contribution in [0.3, 0.4) is 0 Å². The zero-order valence-electron chi connectivity index (χ0n) is 19.4. The molecule has 3 aromatic carbocycles. The normalized spacial score (nSPS) is 15.4. The van der Waals surface area contributed by atoms with Gasteiger partial charge in [0.1, 0.15) is 19.3 Å². The molecule has 1 aliphatic heterocycles. The molecule has 0 spiro atoms. The highest BCUT2D eigenvalue weighted by Gasteiger charge is 2.31. The average Bonchev–Trinajstić information content (AvgIpc) is 3.16. The topological polar surface area (TPSA) is 55.8 Å². The molecule has 1 heterocycles. The van der Waals surface area contributed by atoms with E-state index in [0.717, 1.165) is 22.2 Å². The van der Waals surface area contributed by atoms with Crippen molar-refractivity contribution in [2.45, 2.75) is 32.2 Å². The van der Waals surface area contributed by atoms with E-state index in [1.807, 2.05) is 73.4 Å². The maximum Gasteiger partial charge on any atom is 0.310 e. The van der Waals surface area contributed by atoms with E-state index in [4.69, 9.17) is 21.1 Å². The summed E-state index contributed by atoms with van der Waals surface area (Å²) in [6, 6.07) is 21.1. The first-order chi connectivity index (χ1) is 16.4. The summed E-state index contributed by atoms with van der Waals surface area (Å²) in [5.74, 6) is 1.35. The van der Waals surface area contributed by atoms with E-state index in [2.05, 4.69) is 6.07 Å². The first-order valence-corrected chi connectivity index (χ1v) is 11.8. The molecule has 1 aliphatic rings. The van der Waals surface area contributed by atoms with Crippen LogP contribution >= 0.6 is 11.6 Å². The van der Waals surface area contributed by atoms with Gasteiger partial charge in [0.15, 0.2) is 0 Å². The Morgan fingerprint density at radius 3 is 2.68 bits per heavy atom. The van der Waals surface area contributed by atoms with E-state index in [0.29, 0.717) is 42.6 Å². The number of carbonyl (C=O) groups excluding carboxylic acids is 2. The van der Waals surface area contributed by atoms with Crippen molar-refractivity contribution in [3.63, 3.8) is 0 Å². The summed E-state index contributed by atoms with van der Waals surface area (Å²) >= 11 is 6.02. The molecular formula is C27H27BClNO4. The number of carbonyl (C=O) groups is 2. The molecule has 1 unspecified atom stereocenters. The van der Waals surface area contributed by atoms with Gasteiger partial charge in [-0.3, -0.25) is 9.59 Å². The summed E-state index contributed by atoms with van der Waals surface area (Å²) in [6.07, 6.45) is 0.680. The van der Waals surface area contributed by atoms with Crippen molar-refractivity contribution in [3.05, 3.63) is 88.4 Å². The molecular weight excluding hydrogens is 449 g/mol. The third kappa shape index (κ3) is 6.00. The summed E-state index contributed by atoms with van der Waals surface area (Å²) in [5, 5.41) is 0.692. The minimum absolute atomic E-state index is 0.129. The lowest BCUT2D eigenvalue weighted by Crippen LogP contribution is -2.25. The number of halogens is 1. The minimum Gasteiger partial charge on any atom is -0.466 e. The van der Waals surface area contributed by atoms with Gasteiger partial charge in [0.25, 0.3) is 0 Å². The second-order valence-electron chi connectivity index (χ2n) is 8.57. The summed E-state index contributed by atoms with van der Waals surface area (Å²) in [5.41, 5.74) is 3.99. The highest BCUT2D eigenvalue weighted by molar-refractivity contribution is 6.32. The van der Waals surface area contributed by atoms with Crippen molar-refractivity contribution in [1.29, 1.82) is 0 Å². The van der Waals surface area contributed by atoms with Crippen LogP contribution in [0.2, 0.25) is 5.02 Å². The van der Waals surface area contributed by atoms with Gasteiger partial charge in [0, 0.05) is 36.0 Å². The first-order valence-electron chi connectivity index (χ1n) is 11.5. The lowest BCUT2D eigenvalue weighted by molar-refractivity contribution is -0.142.